The van der Waals surface area contributed by atoms with Crippen LogP contribution in [-0.2, 0) is 6.54 Å². The predicted octanol–water partition coefficient (Wildman–Crippen LogP) is 2.91. The number of likely N-dealkylation sites (N-methyl/N-ethyl adjacent to an activating group) is 1. The fraction of sp³-hybridized carbons (Fsp3) is 0.353. The van der Waals surface area contributed by atoms with Crippen LogP contribution in [-0.4, -0.2) is 23.0 Å². The maximum Gasteiger partial charge on any atom is 0.0473 e. The molecule has 2 aromatic rings. The van der Waals surface area contributed by atoms with Gasteiger partial charge < -0.3 is 5.73 Å². The average molecular weight is 269 g/mol. The number of pyridine rings is 1. The molecule has 0 radical (unpaired) electrons. The van der Waals surface area contributed by atoms with E-state index in [2.05, 4.69) is 60.1 Å². The van der Waals surface area contributed by atoms with E-state index in [-0.39, 0.29) is 6.04 Å². The van der Waals surface area contributed by atoms with Gasteiger partial charge in [-0.05, 0) is 36.7 Å². The van der Waals surface area contributed by atoms with Crippen molar-refractivity contribution < 1.29 is 0 Å². The number of nitrogens with zero attached hydrogens (tertiary/aromatic N) is 2. The van der Waals surface area contributed by atoms with Crippen LogP contribution in [0, 0.1) is 6.92 Å². The van der Waals surface area contributed by atoms with E-state index in [1.54, 1.807) is 0 Å². The van der Waals surface area contributed by atoms with Gasteiger partial charge in [-0.2, -0.15) is 0 Å². The monoisotopic (exact) mass is 269 g/mol. The Morgan fingerprint density at radius 3 is 2.55 bits per heavy atom. The molecule has 0 saturated carbocycles. The molecule has 1 heterocycles. The molecule has 20 heavy (non-hydrogen) atoms. The van der Waals surface area contributed by atoms with Gasteiger partial charge in [0.1, 0.15) is 0 Å². The highest BCUT2D eigenvalue weighted by Crippen LogP contribution is 2.22. The zero-order valence-corrected chi connectivity index (χ0v) is 12.3. The zero-order chi connectivity index (χ0) is 14.4. The van der Waals surface area contributed by atoms with E-state index in [9.17, 15) is 0 Å². The minimum atomic E-state index is 0.257. The summed E-state index contributed by atoms with van der Waals surface area (Å²) in [5.41, 5.74) is 9.88. The first-order valence-electron chi connectivity index (χ1n) is 7.14. The molecule has 0 aliphatic rings. The first-order valence-corrected chi connectivity index (χ1v) is 7.14. The van der Waals surface area contributed by atoms with E-state index in [4.69, 9.17) is 5.73 Å². The molecular weight excluding hydrogens is 246 g/mol. The molecule has 106 valence electrons. The Hall–Kier alpha value is -1.71. The maximum absolute atomic E-state index is 6.03. The molecule has 1 aromatic carbocycles. The van der Waals surface area contributed by atoms with Crippen molar-refractivity contribution in [3.05, 3.63) is 65.5 Å². The van der Waals surface area contributed by atoms with Gasteiger partial charge in [-0.15, -0.1) is 0 Å². The zero-order valence-electron chi connectivity index (χ0n) is 12.3. The third kappa shape index (κ3) is 3.65. The molecule has 3 heteroatoms. The van der Waals surface area contributed by atoms with Gasteiger partial charge in [0.15, 0.2) is 0 Å². The summed E-state index contributed by atoms with van der Waals surface area (Å²) >= 11 is 0. The van der Waals surface area contributed by atoms with Gasteiger partial charge in [0.05, 0.1) is 0 Å². The predicted molar refractivity (Wildman–Crippen MR) is 83.3 cm³/mol. The van der Waals surface area contributed by atoms with Crippen molar-refractivity contribution in [2.24, 2.45) is 5.73 Å². The van der Waals surface area contributed by atoms with Gasteiger partial charge in [0.2, 0.25) is 0 Å². The van der Waals surface area contributed by atoms with Crippen molar-refractivity contribution in [3.63, 3.8) is 0 Å². The van der Waals surface area contributed by atoms with E-state index in [0.29, 0.717) is 6.54 Å². The summed E-state index contributed by atoms with van der Waals surface area (Å²) in [5, 5.41) is 0. The lowest BCUT2D eigenvalue weighted by atomic mass is 10.0. The highest BCUT2D eigenvalue weighted by atomic mass is 15.2. The fourth-order valence-electron chi connectivity index (χ4n) is 2.54. The molecule has 0 aliphatic heterocycles. The van der Waals surface area contributed by atoms with Crippen LogP contribution in [0.1, 0.15) is 29.7 Å². The molecule has 0 bridgehead atoms. The van der Waals surface area contributed by atoms with Gasteiger partial charge in [0, 0.05) is 31.5 Å². The second-order valence-corrected chi connectivity index (χ2v) is 5.08. The van der Waals surface area contributed by atoms with Crippen molar-refractivity contribution in [1.82, 2.24) is 9.88 Å². The van der Waals surface area contributed by atoms with Crippen LogP contribution < -0.4 is 5.73 Å². The summed E-state index contributed by atoms with van der Waals surface area (Å²) in [4.78, 5) is 6.48. The van der Waals surface area contributed by atoms with E-state index >= 15 is 0 Å². The van der Waals surface area contributed by atoms with Crippen molar-refractivity contribution in [3.8, 4) is 0 Å². The molecule has 1 aromatic heterocycles. The number of aryl methyl sites for hydroxylation is 1. The van der Waals surface area contributed by atoms with Crippen molar-refractivity contribution in [1.29, 1.82) is 0 Å². The smallest absolute Gasteiger partial charge is 0.0473 e. The molecule has 3 nitrogen and oxygen atoms in total. The molecule has 0 amide bonds. The van der Waals surface area contributed by atoms with Crippen LogP contribution in [0.4, 0.5) is 0 Å². The second kappa shape index (κ2) is 7.17. The summed E-state index contributed by atoms with van der Waals surface area (Å²) < 4.78 is 0. The minimum Gasteiger partial charge on any atom is -0.329 e. The van der Waals surface area contributed by atoms with Gasteiger partial charge in [-0.25, -0.2) is 0 Å². The molecule has 0 aliphatic carbocycles. The van der Waals surface area contributed by atoms with Gasteiger partial charge >= 0.3 is 0 Å². The molecule has 1 unspecified atom stereocenters. The number of hydrogen-bond donors (Lipinski definition) is 1. The third-order valence-electron chi connectivity index (χ3n) is 3.63. The highest BCUT2D eigenvalue weighted by molar-refractivity contribution is 5.25. The molecule has 0 spiro atoms. The summed E-state index contributed by atoms with van der Waals surface area (Å²) in [6.45, 7) is 6.80. The summed E-state index contributed by atoms with van der Waals surface area (Å²) in [6, 6.07) is 13.0. The molecule has 2 rings (SSSR count). The lowest BCUT2D eigenvalue weighted by Crippen LogP contribution is -2.33. The normalized spacial score (nSPS) is 12.6. The van der Waals surface area contributed by atoms with Crippen molar-refractivity contribution >= 4 is 0 Å². The van der Waals surface area contributed by atoms with Crippen LogP contribution in [0.3, 0.4) is 0 Å². The standard InChI is InChI=1S/C17H23N3/c1-3-20(13-15-7-9-19-10-8-15)17(12-18)16-6-4-5-14(2)11-16/h4-11,17H,3,12-13,18H2,1-2H3. The maximum atomic E-state index is 6.03. The van der Waals surface area contributed by atoms with Gasteiger partial charge in [-0.3, -0.25) is 9.88 Å². The topological polar surface area (TPSA) is 42.2 Å². The Morgan fingerprint density at radius 1 is 1.20 bits per heavy atom. The Morgan fingerprint density at radius 2 is 1.95 bits per heavy atom. The Labute approximate surface area is 121 Å². The summed E-state index contributed by atoms with van der Waals surface area (Å²) in [7, 11) is 0. The van der Waals surface area contributed by atoms with E-state index in [0.717, 1.165) is 13.1 Å². The SMILES string of the molecule is CCN(Cc1ccncc1)C(CN)c1cccc(C)c1. The number of nitrogens with two attached hydrogens (primary N) is 1. The lowest BCUT2D eigenvalue weighted by Gasteiger charge is -2.30. The van der Waals surface area contributed by atoms with Gasteiger partial charge in [-0.1, -0.05) is 36.8 Å². The van der Waals surface area contributed by atoms with Crippen LogP contribution >= 0.6 is 0 Å². The van der Waals surface area contributed by atoms with E-state index < -0.39 is 0 Å². The first kappa shape index (κ1) is 14.7. The summed E-state index contributed by atoms with van der Waals surface area (Å²) in [5.74, 6) is 0. The first-order chi connectivity index (χ1) is 9.74. The number of rotatable bonds is 6. The molecule has 0 saturated heterocycles. The van der Waals surface area contributed by atoms with E-state index in [1.807, 2.05) is 12.4 Å². The molecule has 1 atom stereocenters. The van der Waals surface area contributed by atoms with Crippen LogP contribution in [0.25, 0.3) is 0 Å². The molecule has 0 fully saturated rings. The number of hydrogen-bond acceptors (Lipinski definition) is 3. The minimum absolute atomic E-state index is 0.257. The second-order valence-electron chi connectivity index (χ2n) is 5.08. The fourth-order valence-corrected chi connectivity index (χ4v) is 2.54. The molecular formula is C17H23N3. The van der Waals surface area contributed by atoms with Crippen LogP contribution in [0.5, 0.6) is 0 Å². The largest absolute Gasteiger partial charge is 0.329 e. The van der Waals surface area contributed by atoms with E-state index in [1.165, 1.54) is 16.7 Å². The van der Waals surface area contributed by atoms with Crippen LogP contribution in [0.15, 0.2) is 48.8 Å². The number of benzene rings is 1. The quantitative estimate of drug-likeness (QED) is 0.876. The van der Waals surface area contributed by atoms with Crippen LogP contribution in [0.2, 0.25) is 0 Å². The number of aromatic nitrogens is 1. The Balaban J connectivity index is 2.19. The average Bonchev–Trinajstić information content (AvgIpc) is 2.48. The highest BCUT2D eigenvalue weighted by Gasteiger charge is 2.17. The lowest BCUT2D eigenvalue weighted by molar-refractivity contribution is 0.203. The van der Waals surface area contributed by atoms with Crippen molar-refractivity contribution in [2.45, 2.75) is 26.4 Å². The Kier molecular flexibility index (Phi) is 5.27. The molecule has 2 N–H and O–H groups in total. The van der Waals surface area contributed by atoms with Crippen molar-refractivity contribution in [2.75, 3.05) is 13.1 Å². The summed E-state index contributed by atoms with van der Waals surface area (Å²) in [6.07, 6.45) is 3.68. The third-order valence-corrected chi connectivity index (χ3v) is 3.63. The van der Waals surface area contributed by atoms with Gasteiger partial charge in [0.25, 0.3) is 0 Å². The Bertz CT molecular complexity index is 525.